The number of hydrogen-bond acceptors (Lipinski definition) is 3. The third-order valence-electron chi connectivity index (χ3n) is 9.31. The first-order valence-electron chi connectivity index (χ1n) is 13.8. The summed E-state index contributed by atoms with van der Waals surface area (Å²) in [5, 5.41) is 8.06. The predicted molar refractivity (Wildman–Crippen MR) is 141 cm³/mol. The lowest BCUT2D eigenvalue weighted by Gasteiger charge is -2.57. The van der Waals surface area contributed by atoms with Gasteiger partial charge in [0.15, 0.2) is 0 Å². The summed E-state index contributed by atoms with van der Waals surface area (Å²) in [7, 11) is 1.77. The number of ether oxygens (including phenoxy) is 1. The van der Waals surface area contributed by atoms with Gasteiger partial charge >= 0.3 is 0 Å². The van der Waals surface area contributed by atoms with Gasteiger partial charge in [0.25, 0.3) is 0 Å². The molecule has 4 fully saturated rings. The molecule has 4 aliphatic carbocycles. The molecule has 3 nitrogen and oxygen atoms in total. The van der Waals surface area contributed by atoms with Gasteiger partial charge in [-0.05, 0) is 122 Å². The smallest absolute Gasteiger partial charge is 0.119 e. The predicted octanol–water partition coefficient (Wildman–Crippen LogP) is 7.12. The fourth-order valence-corrected chi connectivity index (χ4v) is 8.14. The molecule has 0 aromatic heterocycles. The van der Waals surface area contributed by atoms with Gasteiger partial charge in [-0.2, -0.15) is 0 Å². The zero-order valence-corrected chi connectivity index (χ0v) is 21.3. The molecule has 0 unspecified atom stereocenters. The van der Waals surface area contributed by atoms with E-state index in [1.807, 2.05) is 0 Å². The van der Waals surface area contributed by atoms with Gasteiger partial charge in [0, 0.05) is 17.3 Å². The molecular weight excluding hydrogens is 416 g/mol. The quantitative estimate of drug-likeness (QED) is 0.463. The van der Waals surface area contributed by atoms with Crippen LogP contribution in [0.4, 0.5) is 5.69 Å². The molecule has 1 aliphatic heterocycles. The summed E-state index contributed by atoms with van der Waals surface area (Å²) in [4.78, 5) is 0. The lowest BCUT2D eigenvalue weighted by atomic mass is 9.53. The van der Waals surface area contributed by atoms with E-state index in [1.165, 1.54) is 73.7 Å². The second-order valence-electron chi connectivity index (χ2n) is 12.5. The number of benzene rings is 2. The van der Waals surface area contributed by atoms with E-state index in [9.17, 15) is 0 Å². The van der Waals surface area contributed by atoms with Crippen LogP contribution in [-0.4, -0.2) is 18.7 Å². The maximum absolute atomic E-state index is 5.56. The molecule has 182 valence electrons. The van der Waals surface area contributed by atoms with Gasteiger partial charge in [-0.3, -0.25) is 0 Å². The minimum absolute atomic E-state index is 0.250. The van der Waals surface area contributed by atoms with Crippen molar-refractivity contribution in [2.24, 2.45) is 23.7 Å². The van der Waals surface area contributed by atoms with E-state index < -0.39 is 0 Å². The minimum Gasteiger partial charge on any atom is -0.497 e. The highest BCUT2D eigenvalue weighted by atomic mass is 16.5. The van der Waals surface area contributed by atoms with E-state index in [-0.39, 0.29) is 6.04 Å². The average molecular weight is 459 g/mol. The van der Waals surface area contributed by atoms with Crippen molar-refractivity contribution in [3.8, 4) is 5.75 Å². The molecule has 0 spiro atoms. The summed E-state index contributed by atoms with van der Waals surface area (Å²) in [6, 6.07) is 16.8. The van der Waals surface area contributed by atoms with Crippen molar-refractivity contribution >= 4 is 5.69 Å². The van der Waals surface area contributed by atoms with Crippen LogP contribution in [0.2, 0.25) is 0 Å². The van der Waals surface area contributed by atoms with Crippen LogP contribution in [0.15, 0.2) is 42.5 Å². The Kier molecular flexibility index (Phi) is 5.88. The van der Waals surface area contributed by atoms with E-state index in [4.69, 9.17) is 4.74 Å². The van der Waals surface area contributed by atoms with E-state index in [2.05, 4.69) is 66.9 Å². The summed E-state index contributed by atoms with van der Waals surface area (Å²) >= 11 is 0. The van der Waals surface area contributed by atoms with Crippen LogP contribution >= 0.6 is 0 Å². The minimum atomic E-state index is 0.250. The second-order valence-corrected chi connectivity index (χ2v) is 12.5. The van der Waals surface area contributed by atoms with Gasteiger partial charge in [-0.1, -0.05) is 32.0 Å². The Labute approximate surface area is 206 Å². The zero-order valence-electron chi connectivity index (χ0n) is 21.3. The van der Waals surface area contributed by atoms with Crippen molar-refractivity contribution in [1.82, 2.24) is 5.32 Å². The SMILES string of the molecule is COc1ccc2c(c1)C[C@H](CCC(C)C)N[C@@H]2c1ccc(NC23CC4CC(CC(C4)C2)C3)cc1. The van der Waals surface area contributed by atoms with E-state index in [1.54, 1.807) is 7.11 Å². The van der Waals surface area contributed by atoms with Crippen LogP contribution in [0.25, 0.3) is 0 Å². The summed E-state index contributed by atoms with van der Waals surface area (Å²) in [6.07, 6.45) is 12.2. The first kappa shape index (κ1) is 22.5. The Morgan fingerprint density at radius 1 is 0.971 bits per heavy atom. The molecule has 4 bridgehead atoms. The maximum Gasteiger partial charge on any atom is 0.119 e. The lowest BCUT2D eigenvalue weighted by molar-refractivity contribution is 0.0107. The molecular formula is C31H42N2O. The molecule has 2 aromatic rings. The molecule has 0 radical (unpaired) electrons. The highest BCUT2D eigenvalue weighted by Crippen LogP contribution is 2.56. The van der Waals surface area contributed by atoms with Crippen LogP contribution in [0.1, 0.15) is 87.9 Å². The highest BCUT2D eigenvalue weighted by Gasteiger charge is 2.50. The fraction of sp³-hybridized carbons (Fsp3) is 0.613. The number of nitrogens with one attached hydrogen (secondary N) is 2. The van der Waals surface area contributed by atoms with Crippen LogP contribution in [0.5, 0.6) is 5.75 Å². The van der Waals surface area contributed by atoms with Crippen molar-refractivity contribution in [2.75, 3.05) is 12.4 Å². The average Bonchev–Trinajstić information content (AvgIpc) is 2.81. The van der Waals surface area contributed by atoms with Crippen LogP contribution in [0.3, 0.4) is 0 Å². The van der Waals surface area contributed by atoms with E-state index in [0.717, 1.165) is 35.8 Å². The summed E-state index contributed by atoms with van der Waals surface area (Å²) in [5.74, 6) is 4.63. The van der Waals surface area contributed by atoms with Crippen LogP contribution in [-0.2, 0) is 6.42 Å². The maximum atomic E-state index is 5.56. The van der Waals surface area contributed by atoms with Gasteiger partial charge < -0.3 is 15.4 Å². The summed E-state index contributed by atoms with van der Waals surface area (Å²) in [5.41, 5.74) is 5.89. The van der Waals surface area contributed by atoms with Crippen molar-refractivity contribution in [1.29, 1.82) is 0 Å². The highest BCUT2D eigenvalue weighted by molar-refractivity contribution is 5.51. The monoisotopic (exact) mass is 458 g/mol. The lowest BCUT2D eigenvalue weighted by Crippen LogP contribution is -2.54. The summed E-state index contributed by atoms with van der Waals surface area (Å²) in [6.45, 7) is 4.65. The number of rotatable bonds is 7. The van der Waals surface area contributed by atoms with Crippen molar-refractivity contribution in [3.63, 3.8) is 0 Å². The Morgan fingerprint density at radius 3 is 2.26 bits per heavy atom. The van der Waals surface area contributed by atoms with E-state index in [0.29, 0.717) is 11.6 Å². The number of hydrogen-bond donors (Lipinski definition) is 2. The number of methoxy groups -OCH3 is 1. The first-order chi connectivity index (χ1) is 16.5. The normalized spacial score (nSPS) is 33.7. The molecule has 5 aliphatic rings. The molecule has 7 rings (SSSR count). The molecule has 3 heteroatoms. The third kappa shape index (κ3) is 4.37. The number of anilines is 1. The Balaban J connectivity index is 1.22. The Bertz CT molecular complexity index is 975. The fourth-order valence-electron chi connectivity index (χ4n) is 8.14. The van der Waals surface area contributed by atoms with Gasteiger partial charge in [-0.15, -0.1) is 0 Å². The zero-order chi connectivity index (χ0) is 23.3. The molecule has 2 N–H and O–H groups in total. The molecule has 1 heterocycles. The Hall–Kier alpha value is -2.00. The topological polar surface area (TPSA) is 33.3 Å². The molecule has 0 saturated heterocycles. The van der Waals surface area contributed by atoms with Gasteiger partial charge in [0.2, 0.25) is 0 Å². The van der Waals surface area contributed by atoms with Gasteiger partial charge in [0.1, 0.15) is 5.75 Å². The van der Waals surface area contributed by atoms with Crippen LogP contribution < -0.4 is 15.4 Å². The molecule has 0 amide bonds. The molecule has 2 aromatic carbocycles. The van der Waals surface area contributed by atoms with Crippen LogP contribution in [0, 0.1) is 23.7 Å². The second kappa shape index (κ2) is 8.90. The first-order valence-corrected chi connectivity index (χ1v) is 13.8. The molecule has 2 atom stereocenters. The largest absolute Gasteiger partial charge is 0.497 e. The third-order valence-corrected chi connectivity index (χ3v) is 9.31. The Morgan fingerprint density at radius 2 is 1.65 bits per heavy atom. The standard InChI is InChI=1S/C31H42N2O/c1-20(2)4-7-27-15-25-16-28(34-3)10-11-29(25)30(32-27)24-5-8-26(9-6-24)33-31-17-21-12-22(18-31)14-23(13-21)19-31/h5-6,8-11,16,20-23,27,30,32-33H,4,7,12-15,17-19H2,1-3H3/t21?,22?,23?,27-,30+,31?/m0/s1. The van der Waals surface area contributed by atoms with Crippen molar-refractivity contribution in [3.05, 3.63) is 59.2 Å². The summed E-state index contributed by atoms with van der Waals surface area (Å²) < 4.78 is 5.56. The van der Waals surface area contributed by atoms with Gasteiger partial charge in [-0.25, -0.2) is 0 Å². The number of fused-ring (bicyclic) bond motifs is 1. The van der Waals surface area contributed by atoms with Crippen molar-refractivity contribution in [2.45, 2.75) is 89.3 Å². The van der Waals surface area contributed by atoms with E-state index >= 15 is 0 Å². The molecule has 34 heavy (non-hydrogen) atoms. The van der Waals surface area contributed by atoms with Crippen molar-refractivity contribution < 1.29 is 4.74 Å². The van der Waals surface area contributed by atoms with Gasteiger partial charge in [0.05, 0.1) is 13.2 Å². The molecule has 4 saturated carbocycles.